The van der Waals surface area contributed by atoms with E-state index in [0.717, 1.165) is 24.7 Å². The Kier molecular flexibility index (Phi) is 5.55. The highest BCUT2D eigenvalue weighted by atomic mass is 19.1. The lowest BCUT2D eigenvalue weighted by atomic mass is 9.93. The molecule has 3 heterocycles. The summed E-state index contributed by atoms with van der Waals surface area (Å²) < 4.78 is 20.4. The molecule has 3 aromatic rings. The fraction of sp³-hybridized carbons (Fsp3) is 0.318. The predicted molar refractivity (Wildman–Crippen MR) is 106 cm³/mol. The van der Waals surface area contributed by atoms with E-state index in [1.165, 1.54) is 12.1 Å². The van der Waals surface area contributed by atoms with Crippen molar-refractivity contribution < 1.29 is 13.9 Å². The number of piperidine rings is 1. The van der Waals surface area contributed by atoms with Crippen molar-refractivity contribution >= 4 is 5.91 Å². The fourth-order valence-corrected chi connectivity index (χ4v) is 3.67. The fourth-order valence-electron chi connectivity index (χ4n) is 3.67. The Morgan fingerprint density at radius 1 is 1.21 bits per heavy atom. The van der Waals surface area contributed by atoms with Gasteiger partial charge in [-0.05, 0) is 44.0 Å². The van der Waals surface area contributed by atoms with Crippen LogP contribution in [0.5, 0.6) is 5.88 Å². The number of likely N-dealkylation sites (tertiary alicyclic amines) is 1. The second-order valence-corrected chi connectivity index (χ2v) is 7.34. The van der Waals surface area contributed by atoms with E-state index in [1.807, 2.05) is 41.4 Å². The van der Waals surface area contributed by atoms with Gasteiger partial charge in [0.05, 0.1) is 24.1 Å². The standard InChI is InChI=1S/C22H23FN4O2/c1-16-7-8-17(15-29-21-10-9-18(23)13-24-21)14-26(16)22(28)19-5-2-3-6-20(19)27-12-4-11-25-27/h2-6,9-13,16-17H,7-8,14-15H2,1H3/t16-,17-/m1/s1. The van der Waals surface area contributed by atoms with Crippen LogP contribution in [0.3, 0.4) is 0 Å². The third-order valence-corrected chi connectivity index (χ3v) is 5.29. The summed E-state index contributed by atoms with van der Waals surface area (Å²) in [6.07, 6.45) is 6.54. The van der Waals surface area contributed by atoms with Crippen molar-refractivity contribution in [1.29, 1.82) is 0 Å². The van der Waals surface area contributed by atoms with Gasteiger partial charge in [-0.25, -0.2) is 14.1 Å². The Morgan fingerprint density at radius 3 is 2.83 bits per heavy atom. The van der Waals surface area contributed by atoms with Crippen LogP contribution in [0.1, 0.15) is 30.1 Å². The number of halogens is 1. The number of hydrogen-bond donors (Lipinski definition) is 0. The molecule has 1 aliphatic rings. The average molecular weight is 394 g/mol. The number of para-hydroxylation sites is 1. The number of carbonyl (C=O) groups excluding carboxylic acids is 1. The Bertz CT molecular complexity index is 959. The molecule has 4 rings (SSSR count). The molecule has 1 amide bonds. The summed E-state index contributed by atoms with van der Waals surface area (Å²) in [5, 5.41) is 4.27. The van der Waals surface area contributed by atoms with Crippen LogP contribution in [0.2, 0.25) is 0 Å². The van der Waals surface area contributed by atoms with E-state index < -0.39 is 5.82 Å². The summed E-state index contributed by atoms with van der Waals surface area (Å²) in [6.45, 7) is 3.12. The third-order valence-electron chi connectivity index (χ3n) is 5.29. The van der Waals surface area contributed by atoms with Crippen LogP contribution in [-0.4, -0.2) is 44.8 Å². The number of rotatable bonds is 5. The van der Waals surface area contributed by atoms with Crippen LogP contribution in [0, 0.1) is 11.7 Å². The normalized spacial score (nSPS) is 19.2. The van der Waals surface area contributed by atoms with Gasteiger partial charge in [0.15, 0.2) is 0 Å². The lowest BCUT2D eigenvalue weighted by Gasteiger charge is -2.38. The molecule has 7 heteroatoms. The minimum atomic E-state index is -0.392. The SMILES string of the molecule is C[C@@H]1CC[C@@H](COc2ccc(F)cn2)CN1C(=O)c1ccccc1-n1cccn1. The summed E-state index contributed by atoms with van der Waals surface area (Å²) in [6, 6.07) is 12.3. The van der Waals surface area contributed by atoms with Gasteiger partial charge in [-0.3, -0.25) is 4.79 Å². The summed E-state index contributed by atoms with van der Waals surface area (Å²) in [5.41, 5.74) is 1.40. The van der Waals surface area contributed by atoms with Gasteiger partial charge >= 0.3 is 0 Å². The first-order valence-electron chi connectivity index (χ1n) is 9.76. The molecule has 0 N–H and O–H groups in total. The lowest BCUT2D eigenvalue weighted by molar-refractivity contribution is 0.0502. The van der Waals surface area contributed by atoms with E-state index in [9.17, 15) is 9.18 Å². The molecule has 2 aromatic heterocycles. The van der Waals surface area contributed by atoms with E-state index >= 15 is 0 Å². The maximum atomic E-state index is 13.4. The summed E-state index contributed by atoms with van der Waals surface area (Å²) >= 11 is 0. The van der Waals surface area contributed by atoms with Gasteiger partial charge in [0.2, 0.25) is 5.88 Å². The van der Waals surface area contributed by atoms with Crippen LogP contribution < -0.4 is 4.74 Å². The zero-order valence-electron chi connectivity index (χ0n) is 16.2. The average Bonchev–Trinajstić information content (AvgIpc) is 3.28. The molecule has 0 unspecified atom stereocenters. The number of benzene rings is 1. The first-order valence-corrected chi connectivity index (χ1v) is 9.76. The van der Waals surface area contributed by atoms with E-state index in [1.54, 1.807) is 10.9 Å². The first-order chi connectivity index (χ1) is 14.1. The van der Waals surface area contributed by atoms with E-state index in [-0.39, 0.29) is 17.9 Å². The maximum absolute atomic E-state index is 13.4. The smallest absolute Gasteiger partial charge is 0.256 e. The molecule has 1 aromatic carbocycles. The molecule has 1 saturated heterocycles. The van der Waals surface area contributed by atoms with Gasteiger partial charge < -0.3 is 9.64 Å². The Hall–Kier alpha value is -3.22. The van der Waals surface area contributed by atoms with Crippen molar-refractivity contribution in [3.05, 3.63) is 72.4 Å². The molecule has 6 nitrogen and oxygen atoms in total. The molecule has 150 valence electrons. The highest BCUT2D eigenvalue weighted by Gasteiger charge is 2.31. The van der Waals surface area contributed by atoms with Crippen molar-refractivity contribution in [2.45, 2.75) is 25.8 Å². The van der Waals surface area contributed by atoms with Gasteiger partial charge in [0.1, 0.15) is 5.82 Å². The number of pyridine rings is 1. The van der Waals surface area contributed by atoms with Crippen molar-refractivity contribution in [2.75, 3.05) is 13.2 Å². The monoisotopic (exact) mass is 394 g/mol. The van der Waals surface area contributed by atoms with E-state index in [4.69, 9.17) is 4.74 Å². The lowest BCUT2D eigenvalue weighted by Crippen LogP contribution is -2.47. The molecular formula is C22H23FN4O2. The molecular weight excluding hydrogens is 371 g/mol. The number of ether oxygens (including phenoxy) is 1. The Morgan fingerprint density at radius 2 is 2.07 bits per heavy atom. The summed E-state index contributed by atoms with van der Waals surface area (Å²) in [7, 11) is 0. The molecule has 2 atom stereocenters. The first kappa shape index (κ1) is 19.1. The van der Waals surface area contributed by atoms with Crippen molar-refractivity contribution in [3.8, 4) is 11.6 Å². The van der Waals surface area contributed by atoms with Crippen LogP contribution >= 0.6 is 0 Å². The number of carbonyl (C=O) groups is 1. The Balaban J connectivity index is 1.47. The minimum absolute atomic E-state index is 0.00629. The van der Waals surface area contributed by atoms with Gasteiger partial charge in [0.25, 0.3) is 5.91 Å². The molecule has 0 aliphatic carbocycles. The second kappa shape index (κ2) is 8.43. The van der Waals surface area contributed by atoms with E-state index in [0.29, 0.717) is 24.6 Å². The quantitative estimate of drug-likeness (QED) is 0.662. The second-order valence-electron chi connectivity index (χ2n) is 7.34. The number of nitrogens with zero attached hydrogens (tertiary/aromatic N) is 4. The molecule has 1 fully saturated rings. The van der Waals surface area contributed by atoms with Crippen LogP contribution in [0.25, 0.3) is 5.69 Å². The van der Waals surface area contributed by atoms with Crippen LogP contribution in [0.15, 0.2) is 61.1 Å². The summed E-state index contributed by atoms with van der Waals surface area (Å²) in [4.78, 5) is 19.2. The van der Waals surface area contributed by atoms with Gasteiger partial charge in [-0.15, -0.1) is 0 Å². The molecule has 1 aliphatic heterocycles. The number of amides is 1. The van der Waals surface area contributed by atoms with Crippen molar-refractivity contribution in [1.82, 2.24) is 19.7 Å². The van der Waals surface area contributed by atoms with Gasteiger partial charge in [0, 0.05) is 37.0 Å². The number of hydrogen-bond acceptors (Lipinski definition) is 4. The zero-order chi connectivity index (χ0) is 20.2. The topological polar surface area (TPSA) is 60.2 Å². The third kappa shape index (κ3) is 4.29. The highest BCUT2D eigenvalue weighted by Crippen LogP contribution is 2.26. The largest absolute Gasteiger partial charge is 0.477 e. The van der Waals surface area contributed by atoms with Crippen LogP contribution in [-0.2, 0) is 0 Å². The van der Waals surface area contributed by atoms with Crippen LogP contribution in [0.4, 0.5) is 4.39 Å². The van der Waals surface area contributed by atoms with Crippen molar-refractivity contribution in [3.63, 3.8) is 0 Å². The predicted octanol–water partition coefficient (Wildman–Crippen LogP) is 3.73. The summed E-state index contributed by atoms with van der Waals surface area (Å²) in [5.74, 6) is 0.190. The number of aromatic nitrogens is 3. The van der Waals surface area contributed by atoms with E-state index in [2.05, 4.69) is 17.0 Å². The van der Waals surface area contributed by atoms with Gasteiger partial charge in [-0.1, -0.05) is 12.1 Å². The highest BCUT2D eigenvalue weighted by molar-refractivity contribution is 5.98. The van der Waals surface area contributed by atoms with Gasteiger partial charge in [-0.2, -0.15) is 5.10 Å². The van der Waals surface area contributed by atoms with Crippen molar-refractivity contribution in [2.24, 2.45) is 5.92 Å². The zero-order valence-corrected chi connectivity index (χ0v) is 16.2. The molecule has 0 radical (unpaired) electrons. The molecule has 29 heavy (non-hydrogen) atoms. The molecule has 0 saturated carbocycles. The molecule has 0 spiro atoms. The minimum Gasteiger partial charge on any atom is -0.477 e. The molecule has 0 bridgehead atoms. The Labute approximate surface area is 168 Å². The maximum Gasteiger partial charge on any atom is 0.256 e.